The van der Waals surface area contributed by atoms with Gasteiger partial charge in [0.1, 0.15) is 11.2 Å². The molecule has 1 saturated carbocycles. The minimum absolute atomic E-state index is 0.0193. The number of carboxylic acids is 1. The molecule has 2 atom stereocenters. The summed E-state index contributed by atoms with van der Waals surface area (Å²) in [5.74, 6) is 0.0125. The normalized spacial score (nSPS) is 27.1. The van der Waals surface area contributed by atoms with Crippen LogP contribution in [0.1, 0.15) is 75.2 Å². The quantitative estimate of drug-likeness (QED) is 0.410. The number of hydrogen-bond acceptors (Lipinski definition) is 4. The maximum Gasteiger partial charge on any atom is 0.319 e. The predicted octanol–water partition coefficient (Wildman–Crippen LogP) is 5.33. The summed E-state index contributed by atoms with van der Waals surface area (Å²) < 4.78 is 2.50. The van der Waals surface area contributed by atoms with Gasteiger partial charge in [-0.05, 0) is 94.4 Å². The Hall–Kier alpha value is -3.19. The summed E-state index contributed by atoms with van der Waals surface area (Å²) in [5.41, 5.74) is 2.60. The predicted molar refractivity (Wildman–Crippen MR) is 154 cm³/mol. The van der Waals surface area contributed by atoms with Crippen LogP contribution in [-0.2, 0) is 15.0 Å². The third kappa shape index (κ3) is 4.16. The van der Waals surface area contributed by atoms with Crippen LogP contribution < -0.4 is 0 Å². The number of aliphatic carboxylic acids is 1. The highest BCUT2D eigenvalue weighted by Gasteiger charge is 2.59. The SMILES string of the molecule is Cc1nc2ccccc2n1C1CC2CCC(C1)N2CCC1(c2ccccc2)CCN(C(=O)C2(C(=O)O)CC2)CC1. The number of amides is 1. The van der Waals surface area contributed by atoms with Crippen molar-refractivity contribution in [2.45, 2.75) is 88.3 Å². The Labute approximate surface area is 236 Å². The Balaban J connectivity index is 1.06. The number of likely N-dealkylation sites (tertiary alicyclic amines) is 1. The molecule has 0 spiro atoms. The van der Waals surface area contributed by atoms with E-state index < -0.39 is 11.4 Å². The standard InChI is InChI=1S/C33H40N4O3/c1-23-34-28-9-5-6-10-29(28)37(23)27-21-25-11-12-26(22-27)36(25)20-17-32(24-7-3-2-4-8-24)15-18-35(19-16-32)30(38)33(13-14-33)31(39)40/h2-10,25-27H,11-22H2,1H3,(H,39,40). The lowest BCUT2D eigenvalue weighted by molar-refractivity contribution is -0.154. The third-order valence-electron chi connectivity index (χ3n) is 10.8. The minimum Gasteiger partial charge on any atom is -0.480 e. The van der Waals surface area contributed by atoms with Crippen LogP contribution in [0, 0.1) is 12.3 Å². The van der Waals surface area contributed by atoms with Gasteiger partial charge in [0.2, 0.25) is 5.91 Å². The fourth-order valence-electron chi connectivity index (χ4n) is 8.35. The van der Waals surface area contributed by atoms with Gasteiger partial charge in [0.15, 0.2) is 0 Å². The molecular weight excluding hydrogens is 500 g/mol. The second-order valence-corrected chi connectivity index (χ2v) is 12.8. The van der Waals surface area contributed by atoms with Crippen LogP contribution >= 0.6 is 0 Å². The first-order chi connectivity index (χ1) is 19.4. The van der Waals surface area contributed by atoms with Crippen LogP contribution in [0.4, 0.5) is 0 Å². The second-order valence-electron chi connectivity index (χ2n) is 12.8. The first-order valence-corrected chi connectivity index (χ1v) is 15.2. The van der Waals surface area contributed by atoms with Crippen LogP contribution in [0.15, 0.2) is 54.6 Å². The Bertz CT molecular complexity index is 1410. The third-order valence-corrected chi connectivity index (χ3v) is 10.8. The largest absolute Gasteiger partial charge is 0.480 e. The molecule has 4 fully saturated rings. The van der Waals surface area contributed by atoms with Gasteiger partial charge in [-0.3, -0.25) is 14.5 Å². The smallest absolute Gasteiger partial charge is 0.319 e. The number of piperidine rings is 2. The summed E-state index contributed by atoms with van der Waals surface area (Å²) in [5, 5.41) is 9.66. The number of imidazole rings is 1. The van der Waals surface area contributed by atoms with Gasteiger partial charge in [-0.2, -0.15) is 0 Å². The van der Waals surface area contributed by atoms with E-state index in [9.17, 15) is 14.7 Å². The summed E-state index contributed by atoms with van der Waals surface area (Å²) in [4.78, 5) is 34.4. The Morgan fingerprint density at radius 3 is 2.20 bits per heavy atom. The van der Waals surface area contributed by atoms with Crippen molar-refractivity contribution in [1.82, 2.24) is 19.4 Å². The van der Waals surface area contributed by atoms with Crippen LogP contribution in [0.25, 0.3) is 11.0 Å². The van der Waals surface area contributed by atoms with Crippen LogP contribution in [-0.4, -0.2) is 68.1 Å². The molecule has 0 radical (unpaired) electrons. The lowest BCUT2D eigenvalue weighted by Crippen LogP contribution is -2.51. The topological polar surface area (TPSA) is 78.7 Å². The van der Waals surface area contributed by atoms with E-state index in [1.54, 1.807) is 0 Å². The maximum atomic E-state index is 13.1. The fraction of sp³-hybridized carbons (Fsp3) is 0.545. The Kier molecular flexibility index (Phi) is 6.26. The number of para-hydroxylation sites is 2. The molecule has 1 aliphatic carbocycles. The molecule has 4 aliphatic rings. The van der Waals surface area contributed by atoms with Crippen LogP contribution in [0.2, 0.25) is 0 Å². The fourth-order valence-corrected chi connectivity index (χ4v) is 8.35. The average Bonchev–Trinajstić information content (AvgIpc) is 3.67. The molecule has 4 heterocycles. The summed E-state index contributed by atoms with van der Waals surface area (Å²) in [6, 6.07) is 21.1. The second kappa shape index (κ2) is 9.72. The van der Waals surface area contributed by atoms with Gasteiger partial charge < -0.3 is 14.6 Å². The highest BCUT2D eigenvalue weighted by molar-refractivity contribution is 6.04. The molecule has 3 saturated heterocycles. The highest BCUT2D eigenvalue weighted by Crippen LogP contribution is 2.49. The van der Waals surface area contributed by atoms with Gasteiger partial charge in [0, 0.05) is 31.2 Å². The molecule has 2 aromatic carbocycles. The Morgan fingerprint density at radius 1 is 0.900 bits per heavy atom. The minimum atomic E-state index is -1.14. The van der Waals surface area contributed by atoms with E-state index in [4.69, 9.17) is 4.98 Å². The zero-order valence-electron chi connectivity index (χ0n) is 23.5. The number of hydrogen-bond donors (Lipinski definition) is 1. The van der Waals surface area contributed by atoms with Gasteiger partial charge in [0.05, 0.1) is 11.0 Å². The molecule has 7 heteroatoms. The van der Waals surface area contributed by atoms with Crippen molar-refractivity contribution >= 4 is 22.9 Å². The molecule has 3 aliphatic heterocycles. The van der Waals surface area contributed by atoms with Gasteiger partial charge in [-0.1, -0.05) is 42.5 Å². The zero-order chi connectivity index (χ0) is 27.5. The van der Waals surface area contributed by atoms with E-state index in [1.807, 2.05) is 4.90 Å². The number of carboxylic acid groups (broad SMARTS) is 1. The molecule has 1 aromatic heterocycles. The first kappa shape index (κ1) is 25.8. The van der Waals surface area contributed by atoms with E-state index in [0.29, 0.717) is 44.1 Å². The number of carbonyl (C=O) groups excluding carboxylic acids is 1. The number of carbonyl (C=O) groups is 2. The van der Waals surface area contributed by atoms with Gasteiger partial charge in [-0.15, -0.1) is 0 Å². The molecule has 2 unspecified atom stereocenters. The first-order valence-electron chi connectivity index (χ1n) is 15.2. The molecule has 1 N–H and O–H groups in total. The lowest BCUT2D eigenvalue weighted by atomic mass is 9.70. The van der Waals surface area contributed by atoms with E-state index in [0.717, 1.165) is 37.1 Å². The summed E-state index contributed by atoms with van der Waals surface area (Å²) in [6.45, 7) is 4.51. The van der Waals surface area contributed by atoms with Crippen LogP contribution in [0.5, 0.6) is 0 Å². The van der Waals surface area contributed by atoms with Crippen molar-refractivity contribution < 1.29 is 14.7 Å². The molecule has 7 nitrogen and oxygen atoms in total. The van der Waals surface area contributed by atoms with E-state index in [1.165, 1.54) is 36.8 Å². The monoisotopic (exact) mass is 540 g/mol. The van der Waals surface area contributed by atoms with Crippen molar-refractivity contribution in [2.75, 3.05) is 19.6 Å². The number of rotatable bonds is 7. The average molecular weight is 541 g/mol. The van der Waals surface area contributed by atoms with Crippen LogP contribution in [0.3, 0.4) is 0 Å². The number of aryl methyl sites for hydroxylation is 1. The lowest BCUT2D eigenvalue weighted by Gasteiger charge is -2.46. The Morgan fingerprint density at radius 2 is 1.55 bits per heavy atom. The van der Waals surface area contributed by atoms with Crippen molar-refractivity contribution in [3.63, 3.8) is 0 Å². The molecule has 210 valence electrons. The zero-order valence-corrected chi connectivity index (χ0v) is 23.5. The van der Waals surface area contributed by atoms with Crippen molar-refractivity contribution in [1.29, 1.82) is 0 Å². The van der Waals surface area contributed by atoms with Crippen molar-refractivity contribution in [2.24, 2.45) is 5.41 Å². The molecule has 7 rings (SSSR count). The van der Waals surface area contributed by atoms with Crippen molar-refractivity contribution in [3.8, 4) is 0 Å². The molecule has 2 bridgehead atoms. The molecule has 40 heavy (non-hydrogen) atoms. The van der Waals surface area contributed by atoms with Gasteiger partial charge in [0.25, 0.3) is 0 Å². The maximum absolute atomic E-state index is 13.1. The number of aromatic nitrogens is 2. The van der Waals surface area contributed by atoms with Gasteiger partial charge in [-0.25, -0.2) is 4.98 Å². The van der Waals surface area contributed by atoms with E-state index in [-0.39, 0.29) is 11.3 Å². The van der Waals surface area contributed by atoms with E-state index >= 15 is 0 Å². The summed E-state index contributed by atoms with van der Waals surface area (Å²) in [7, 11) is 0. The molecule has 1 amide bonds. The number of benzene rings is 2. The van der Waals surface area contributed by atoms with E-state index in [2.05, 4.69) is 71.0 Å². The number of fused-ring (bicyclic) bond motifs is 3. The van der Waals surface area contributed by atoms with Gasteiger partial charge >= 0.3 is 5.97 Å². The number of nitrogens with zero attached hydrogens (tertiary/aromatic N) is 4. The molecule has 3 aromatic rings. The molecular formula is C33H40N4O3. The van der Waals surface area contributed by atoms with Crippen molar-refractivity contribution in [3.05, 3.63) is 66.0 Å². The summed E-state index contributed by atoms with van der Waals surface area (Å²) >= 11 is 0. The highest BCUT2D eigenvalue weighted by atomic mass is 16.4. The summed E-state index contributed by atoms with van der Waals surface area (Å²) in [6.07, 6.45) is 8.71.